The average Bonchev–Trinajstić information content (AvgIpc) is 2.71. The molecule has 1 heterocycles. The molecule has 0 spiro atoms. The van der Waals surface area contributed by atoms with E-state index in [2.05, 4.69) is 28.4 Å². The van der Waals surface area contributed by atoms with Crippen molar-refractivity contribution in [3.05, 3.63) is 71.9 Å². The summed E-state index contributed by atoms with van der Waals surface area (Å²) in [4.78, 5) is 23.3. The van der Waals surface area contributed by atoms with E-state index in [1.165, 1.54) is 11.8 Å². The van der Waals surface area contributed by atoms with Gasteiger partial charge in [-0.3, -0.25) is 4.79 Å². The Balaban J connectivity index is 2.11. The first-order chi connectivity index (χ1) is 14.0. The molecule has 2 rings (SSSR count). The van der Waals surface area contributed by atoms with Crippen LogP contribution in [0.5, 0.6) is 0 Å². The van der Waals surface area contributed by atoms with Gasteiger partial charge in [-0.15, -0.1) is 13.2 Å². The molecule has 0 aliphatic heterocycles. The minimum atomic E-state index is -0.0583. The van der Waals surface area contributed by atoms with Gasteiger partial charge in [0, 0.05) is 36.5 Å². The maximum absolute atomic E-state index is 12.3. The zero-order valence-corrected chi connectivity index (χ0v) is 18.5. The summed E-state index contributed by atoms with van der Waals surface area (Å²) in [5, 5.41) is 3.96. The van der Waals surface area contributed by atoms with Crippen LogP contribution in [0.3, 0.4) is 0 Å². The van der Waals surface area contributed by atoms with Gasteiger partial charge in [-0.1, -0.05) is 54.6 Å². The number of nitrogens with zero attached hydrogens (tertiary/aromatic N) is 3. The van der Waals surface area contributed by atoms with Gasteiger partial charge < -0.3 is 10.2 Å². The molecule has 1 N–H and O–H groups in total. The fourth-order valence-electron chi connectivity index (χ4n) is 2.54. The molecule has 1 atom stereocenters. The van der Waals surface area contributed by atoms with Gasteiger partial charge in [0.05, 0.1) is 0 Å². The van der Waals surface area contributed by atoms with Crippen molar-refractivity contribution in [2.45, 2.75) is 37.2 Å². The first-order valence-corrected chi connectivity index (χ1v) is 10.9. The standard InChI is InChI=1S/C22H27ClN4OS/c1-5-11-27(12-6-2)20-14-19(23)25-22(26-20)29-15-17-9-8-10-18(13-17)21(28)24-16(4)7-3/h5-6,8-10,13-14,16H,1-2,7,11-12,15H2,3-4H3,(H,24,28). The van der Waals surface area contributed by atoms with Gasteiger partial charge in [0.1, 0.15) is 11.0 Å². The number of hydrogen-bond acceptors (Lipinski definition) is 5. The van der Waals surface area contributed by atoms with E-state index in [1.807, 2.05) is 55.2 Å². The minimum Gasteiger partial charge on any atom is -0.350 e. The van der Waals surface area contributed by atoms with Crippen molar-refractivity contribution < 1.29 is 4.79 Å². The van der Waals surface area contributed by atoms with Gasteiger partial charge in [-0.05, 0) is 31.0 Å². The Morgan fingerprint density at radius 3 is 2.66 bits per heavy atom. The Morgan fingerprint density at radius 1 is 1.28 bits per heavy atom. The van der Waals surface area contributed by atoms with Crippen LogP contribution in [0.4, 0.5) is 5.82 Å². The Kier molecular flexibility index (Phi) is 9.22. The Bertz CT molecular complexity index is 848. The quantitative estimate of drug-likeness (QED) is 0.232. The highest BCUT2D eigenvalue weighted by atomic mass is 35.5. The van der Waals surface area contributed by atoms with Crippen molar-refractivity contribution in [1.29, 1.82) is 0 Å². The van der Waals surface area contributed by atoms with Crippen LogP contribution in [0.25, 0.3) is 0 Å². The molecule has 0 bridgehead atoms. The van der Waals surface area contributed by atoms with Crippen LogP contribution in [0.1, 0.15) is 36.2 Å². The summed E-state index contributed by atoms with van der Waals surface area (Å²) in [6.45, 7) is 12.9. The summed E-state index contributed by atoms with van der Waals surface area (Å²) >= 11 is 7.69. The molecule has 1 unspecified atom stereocenters. The molecule has 0 fully saturated rings. The average molecular weight is 431 g/mol. The maximum atomic E-state index is 12.3. The van der Waals surface area contributed by atoms with Crippen molar-refractivity contribution in [1.82, 2.24) is 15.3 Å². The number of carbonyl (C=O) groups excluding carboxylic acids is 1. The maximum Gasteiger partial charge on any atom is 0.251 e. The number of benzene rings is 1. The molecule has 1 aromatic heterocycles. The van der Waals surface area contributed by atoms with Gasteiger partial charge in [0.25, 0.3) is 5.91 Å². The molecule has 2 aromatic rings. The van der Waals surface area contributed by atoms with Gasteiger partial charge in [0.15, 0.2) is 5.16 Å². The summed E-state index contributed by atoms with van der Waals surface area (Å²) < 4.78 is 0. The molecular formula is C22H27ClN4OS. The van der Waals surface area contributed by atoms with E-state index in [4.69, 9.17) is 11.6 Å². The molecule has 0 aliphatic rings. The van der Waals surface area contributed by atoms with E-state index < -0.39 is 0 Å². The van der Waals surface area contributed by atoms with E-state index in [1.54, 1.807) is 6.07 Å². The van der Waals surface area contributed by atoms with E-state index in [-0.39, 0.29) is 11.9 Å². The number of amides is 1. The predicted molar refractivity (Wildman–Crippen MR) is 123 cm³/mol. The Labute approximate surface area is 182 Å². The fraction of sp³-hybridized carbons (Fsp3) is 0.318. The summed E-state index contributed by atoms with van der Waals surface area (Å²) in [5.41, 5.74) is 1.67. The predicted octanol–water partition coefficient (Wildman–Crippen LogP) is 5.13. The van der Waals surface area contributed by atoms with Crippen LogP contribution >= 0.6 is 23.4 Å². The highest BCUT2D eigenvalue weighted by molar-refractivity contribution is 7.98. The first-order valence-electron chi connectivity index (χ1n) is 9.50. The number of rotatable bonds is 11. The van der Waals surface area contributed by atoms with Gasteiger partial charge in [-0.2, -0.15) is 0 Å². The Morgan fingerprint density at radius 2 is 2.00 bits per heavy atom. The van der Waals surface area contributed by atoms with Crippen LogP contribution < -0.4 is 10.2 Å². The van der Waals surface area contributed by atoms with E-state index in [0.29, 0.717) is 34.7 Å². The minimum absolute atomic E-state index is 0.0583. The van der Waals surface area contributed by atoms with E-state index >= 15 is 0 Å². The molecule has 0 saturated heterocycles. The lowest BCUT2D eigenvalue weighted by Gasteiger charge is -2.20. The van der Waals surface area contributed by atoms with Gasteiger partial charge >= 0.3 is 0 Å². The summed E-state index contributed by atoms with van der Waals surface area (Å²) in [5.74, 6) is 1.30. The largest absolute Gasteiger partial charge is 0.350 e. The molecule has 29 heavy (non-hydrogen) atoms. The summed E-state index contributed by atoms with van der Waals surface area (Å²) in [6.07, 6.45) is 4.51. The summed E-state index contributed by atoms with van der Waals surface area (Å²) in [6, 6.07) is 9.48. The molecule has 1 amide bonds. The van der Waals surface area contributed by atoms with Crippen LogP contribution in [0.2, 0.25) is 5.15 Å². The van der Waals surface area contributed by atoms with Gasteiger partial charge in [-0.25, -0.2) is 9.97 Å². The molecule has 0 saturated carbocycles. The smallest absolute Gasteiger partial charge is 0.251 e. The number of anilines is 1. The van der Waals surface area contributed by atoms with Crippen LogP contribution in [0, 0.1) is 0 Å². The third kappa shape index (κ3) is 7.22. The first kappa shape index (κ1) is 23.0. The highest BCUT2D eigenvalue weighted by Gasteiger charge is 2.12. The second-order valence-corrected chi connectivity index (χ2v) is 7.92. The lowest BCUT2D eigenvalue weighted by atomic mass is 10.1. The topological polar surface area (TPSA) is 58.1 Å². The van der Waals surface area contributed by atoms with Crippen molar-refractivity contribution in [3.8, 4) is 0 Å². The van der Waals surface area contributed by atoms with Crippen LogP contribution in [0.15, 0.2) is 60.8 Å². The molecule has 1 aromatic carbocycles. The molecule has 0 aliphatic carbocycles. The van der Waals surface area contributed by atoms with E-state index in [9.17, 15) is 4.79 Å². The monoisotopic (exact) mass is 430 g/mol. The van der Waals surface area contributed by atoms with Crippen molar-refractivity contribution in [3.63, 3.8) is 0 Å². The SMILES string of the molecule is C=CCN(CC=C)c1cc(Cl)nc(SCc2cccc(C(=O)NC(C)CC)c2)n1. The van der Waals surface area contributed by atoms with Crippen LogP contribution in [-0.4, -0.2) is 35.0 Å². The highest BCUT2D eigenvalue weighted by Crippen LogP contribution is 2.25. The fourth-order valence-corrected chi connectivity index (χ4v) is 3.57. The van der Waals surface area contributed by atoms with Gasteiger partial charge in [0.2, 0.25) is 0 Å². The normalized spacial score (nSPS) is 11.6. The van der Waals surface area contributed by atoms with E-state index in [0.717, 1.165) is 17.8 Å². The molecule has 154 valence electrons. The number of nitrogens with one attached hydrogen (secondary N) is 1. The third-order valence-electron chi connectivity index (χ3n) is 4.23. The number of hydrogen-bond donors (Lipinski definition) is 1. The molecule has 7 heteroatoms. The second kappa shape index (κ2) is 11.6. The Hall–Kier alpha value is -2.31. The molecular weight excluding hydrogens is 404 g/mol. The lowest BCUT2D eigenvalue weighted by molar-refractivity contribution is 0.0939. The second-order valence-electron chi connectivity index (χ2n) is 6.59. The number of thioether (sulfide) groups is 1. The number of aromatic nitrogens is 2. The summed E-state index contributed by atoms with van der Waals surface area (Å²) in [7, 11) is 0. The zero-order chi connectivity index (χ0) is 21.2. The number of carbonyl (C=O) groups is 1. The van der Waals surface area contributed by atoms with Crippen molar-refractivity contribution in [2.75, 3.05) is 18.0 Å². The van der Waals surface area contributed by atoms with Crippen molar-refractivity contribution in [2.24, 2.45) is 0 Å². The van der Waals surface area contributed by atoms with Crippen LogP contribution in [-0.2, 0) is 5.75 Å². The molecule has 5 nitrogen and oxygen atoms in total. The zero-order valence-electron chi connectivity index (χ0n) is 16.9. The third-order valence-corrected chi connectivity index (χ3v) is 5.34. The lowest BCUT2D eigenvalue weighted by Crippen LogP contribution is -2.31. The molecule has 0 radical (unpaired) electrons. The van der Waals surface area contributed by atoms with Crippen molar-refractivity contribution >= 4 is 35.1 Å². The number of halogens is 1.